The molecule has 0 fully saturated rings. The van der Waals surface area contributed by atoms with Crippen molar-refractivity contribution in [2.24, 2.45) is 0 Å². The van der Waals surface area contributed by atoms with Crippen LogP contribution in [0.1, 0.15) is 18.4 Å². The number of aryl methyl sites for hydroxylation is 1. The highest BCUT2D eigenvalue weighted by Crippen LogP contribution is 2.36. The lowest BCUT2D eigenvalue weighted by molar-refractivity contribution is 0.497. The molecule has 100 valence electrons. The third-order valence-electron chi connectivity index (χ3n) is 2.96. The van der Waals surface area contributed by atoms with Crippen molar-refractivity contribution >= 4 is 29.2 Å². The van der Waals surface area contributed by atoms with Gasteiger partial charge < -0.3 is 9.73 Å². The minimum atomic E-state index is 0.224. The van der Waals surface area contributed by atoms with E-state index < -0.39 is 0 Å². The van der Waals surface area contributed by atoms with Gasteiger partial charge in [-0.15, -0.1) is 11.8 Å². The molecule has 2 aromatic rings. The molecule has 0 spiro atoms. The van der Waals surface area contributed by atoms with Crippen molar-refractivity contribution in [3.63, 3.8) is 0 Å². The van der Waals surface area contributed by atoms with Gasteiger partial charge in [-0.1, -0.05) is 0 Å². The van der Waals surface area contributed by atoms with Crippen LogP contribution in [0.25, 0.3) is 0 Å². The second-order valence-electron chi connectivity index (χ2n) is 4.54. The van der Waals surface area contributed by atoms with Crippen molar-refractivity contribution in [3.05, 3.63) is 35.1 Å². The van der Waals surface area contributed by atoms with Crippen molar-refractivity contribution in [1.29, 1.82) is 0 Å². The third-order valence-corrected chi connectivity index (χ3v) is 4.26. The molecule has 0 amide bonds. The summed E-state index contributed by atoms with van der Waals surface area (Å²) in [4.78, 5) is 9.71. The highest BCUT2D eigenvalue weighted by Gasteiger charge is 2.20. The van der Waals surface area contributed by atoms with E-state index in [-0.39, 0.29) is 6.04 Å². The Morgan fingerprint density at radius 2 is 2.42 bits per heavy atom. The number of halogens is 1. The predicted molar refractivity (Wildman–Crippen MR) is 77.0 cm³/mol. The van der Waals surface area contributed by atoms with E-state index in [1.54, 1.807) is 18.0 Å². The molecule has 4 nitrogen and oxygen atoms in total. The summed E-state index contributed by atoms with van der Waals surface area (Å²) >= 11 is 7.75. The van der Waals surface area contributed by atoms with Crippen molar-refractivity contribution in [3.8, 4) is 0 Å². The van der Waals surface area contributed by atoms with Crippen molar-refractivity contribution in [1.82, 2.24) is 9.97 Å². The number of nitrogens with zero attached hydrogens (tertiary/aromatic N) is 2. The Balaban J connectivity index is 1.76. The summed E-state index contributed by atoms with van der Waals surface area (Å²) in [5, 5.41) is 3.72. The van der Waals surface area contributed by atoms with Gasteiger partial charge in [-0.2, -0.15) is 4.98 Å². The van der Waals surface area contributed by atoms with Gasteiger partial charge in [-0.25, -0.2) is 4.98 Å². The van der Waals surface area contributed by atoms with Gasteiger partial charge in [0.25, 0.3) is 0 Å². The molecule has 0 aromatic carbocycles. The van der Waals surface area contributed by atoms with Gasteiger partial charge >= 0.3 is 0 Å². The van der Waals surface area contributed by atoms with E-state index in [4.69, 9.17) is 16.0 Å². The van der Waals surface area contributed by atoms with Crippen LogP contribution >= 0.6 is 23.4 Å². The topological polar surface area (TPSA) is 51.0 Å². The normalized spacial score (nSPS) is 15.3. The standard InChI is InChI=1S/C13H14ClN3OS/c1-8(7-9-3-2-5-18-9)15-12-11-10(4-6-19-11)16-13(14)17-12/h2-3,5,8H,4,6-7H2,1H3,(H,15,16,17). The number of thioether (sulfide) groups is 1. The van der Waals surface area contributed by atoms with Gasteiger partial charge in [0.15, 0.2) is 0 Å². The first-order chi connectivity index (χ1) is 9.22. The number of hydrogen-bond acceptors (Lipinski definition) is 5. The average Bonchev–Trinajstić information content (AvgIpc) is 2.99. The summed E-state index contributed by atoms with van der Waals surface area (Å²) < 4.78 is 5.35. The maximum Gasteiger partial charge on any atom is 0.224 e. The Morgan fingerprint density at radius 1 is 1.53 bits per heavy atom. The molecular weight excluding hydrogens is 282 g/mol. The zero-order valence-corrected chi connectivity index (χ0v) is 12.1. The fourth-order valence-electron chi connectivity index (χ4n) is 2.15. The molecule has 0 bridgehead atoms. The zero-order valence-electron chi connectivity index (χ0n) is 10.5. The van der Waals surface area contributed by atoms with Gasteiger partial charge in [0.05, 0.1) is 16.9 Å². The maximum absolute atomic E-state index is 5.96. The summed E-state index contributed by atoms with van der Waals surface area (Å²) in [6.45, 7) is 2.10. The van der Waals surface area contributed by atoms with Crippen LogP contribution in [0.2, 0.25) is 5.28 Å². The van der Waals surface area contributed by atoms with Crippen LogP contribution in [0.5, 0.6) is 0 Å². The molecule has 0 aliphatic carbocycles. The Bertz CT molecular complexity index is 574. The first kappa shape index (κ1) is 12.8. The molecule has 19 heavy (non-hydrogen) atoms. The van der Waals surface area contributed by atoms with Gasteiger partial charge in [-0.05, 0) is 30.7 Å². The Morgan fingerprint density at radius 3 is 3.21 bits per heavy atom. The van der Waals surface area contributed by atoms with Crippen molar-refractivity contribution in [2.75, 3.05) is 11.1 Å². The smallest absolute Gasteiger partial charge is 0.224 e. The monoisotopic (exact) mass is 295 g/mol. The van der Waals surface area contributed by atoms with Crippen LogP contribution in [0.15, 0.2) is 27.7 Å². The highest BCUT2D eigenvalue weighted by atomic mass is 35.5. The molecule has 6 heteroatoms. The number of aromatic nitrogens is 2. The summed E-state index contributed by atoms with van der Waals surface area (Å²) in [5.41, 5.74) is 1.05. The molecule has 0 radical (unpaired) electrons. The molecule has 1 N–H and O–H groups in total. The molecular formula is C13H14ClN3OS. The third kappa shape index (κ3) is 2.87. The van der Waals surface area contributed by atoms with Crippen LogP contribution in [0, 0.1) is 0 Å². The molecule has 2 aromatic heterocycles. The van der Waals surface area contributed by atoms with Gasteiger partial charge in [-0.3, -0.25) is 0 Å². The van der Waals surface area contributed by atoms with E-state index in [9.17, 15) is 0 Å². The quantitative estimate of drug-likeness (QED) is 0.876. The van der Waals surface area contributed by atoms with E-state index in [1.165, 1.54) is 0 Å². The molecule has 1 unspecified atom stereocenters. The summed E-state index contributed by atoms with van der Waals surface area (Å²) in [7, 11) is 0. The fraction of sp³-hybridized carbons (Fsp3) is 0.385. The van der Waals surface area contributed by atoms with Crippen molar-refractivity contribution in [2.45, 2.75) is 30.7 Å². The number of hydrogen-bond donors (Lipinski definition) is 1. The van der Waals surface area contributed by atoms with Crippen LogP contribution in [-0.2, 0) is 12.8 Å². The van der Waals surface area contributed by atoms with E-state index in [1.807, 2.05) is 12.1 Å². The predicted octanol–water partition coefficient (Wildman–Crippen LogP) is 3.41. The second-order valence-corrected chi connectivity index (χ2v) is 5.99. The highest BCUT2D eigenvalue weighted by molar-refractivity contribution is 7.99. The molecule has 1 atom stereocenters. The number of anilines is 1. The number of furan rings is 1. The number of fused-ring (bicyclic) bond motifs is 1. The molecule has 1 aliphatic heterocycles. The molecule has 3 rings (SSSR count). The summed E-state index contributed by atoms with van der Waals surface area (Å²) in [5.74, 6) is 2.85. The molecule has 1 aliphatic rings. The lowest BCUT2D eigenvalue weighted by Crippen LogP contribution is -2.19. The summed E-state index contributed by atoms with van der Waals surface area (Å²) in [6, 6.07) is 4.10. The summed E-state index contributed by atoms with van der Waals surface area (Å²) in [6.07, 6.45) is 3.47. The lowest BCUT2D eigenvalue weighted by Gasteiger charge is -2.15. The van der Waals surface area contributed by atoms with Gasteiger partial charge in [0.2, 0.25) is 5.28 Å². The SMILES string of the molecule is CC(Cc1ccco1)Nc1nc(Cl)nc2c1SCC2. The van der Waals surface area contributed by atoms with E-state index >= 15 is 0 Å². The minimum absolute atomic E-state index is 0.224. The average molecular weight is 296 g/mol. The molecule has 0 saturated heterocycles. The van der Waals surface area contributed by atoms with Gasteiger partial charge in [0.1, 0.15) is 11.6 Å². The lowest BCUT2D eigenvalue weighted by atomic mass is 10.2. The van der Waals surface area contributed by atoms with Crippen molar-refractivity contribution < 1.29 is 4.42 Å². The Kier molecular flexibility index (Phi) is 3.66. The van der Waals surface area contributed by atoms with E-state index in [2.05, 4.69) is 22.2 Å². The molecule has 3 heterocycles. The van der Waals surface area contributed by atoms with E-state index in [0.717, 1.165) is 40.8 Å². The van der Waals surface area contributed by atoms with Crippen LogP contribution < -0.4 is 5.32 Å². The maximum atomic E-state index is 5.96. The minimum Gasteiger partial charge on any atom is -0.469 e. The van der Waals surface area contributed by atoms with Crippen LogP contribution in [0.3, 0.4) is 0 Å². The largest absolute Gasteiger partial charge is 0.469 e. The fourth-order valence-corrected chi connectivity index (χ4v) is 3.39. The molecule has 0 saturated carbocycles. The first-order valence-corrected chi connectivity index (χ1v) is 7.57. The number of rotatable bonds is 4. The zero-order chi connectivity index (χ0) is 13.2. The van der Waals surface area contributed by atoms with Crippen LogP contribution in [-0.4, -0.2) is 21.8 Å². The Hall–Kier alpha value is -1.20. The van der Waals surface area contributed by atoms with Crippen LogP contribution in [0.4, 0.5) is 5.82 Å². The van der Waals surface area contributed by atoms with Gasteiger partial charge in [0, 0.05) is 24.6 Å². The second kappa shape index (κ2) is 5.43. The number of nitrogens with one attached hydrogen (secondary N) is 1. The Labute approximate surface area is 121 Å². The first-order valence-electron chi connectivity index (χ1n) is 6.20. The van der Waals surface area contributed by atoms with E-state index in [0.29, 0.717) is 5.28 Å².